The molecular formula is C23H20FN3O3S. The van der Waals surface area contributed by atoms with Crippen LogP contribution in [0.25, 0.3) is 10.2 Å². The molecule has 31 heavy (non-hydrogen) atoms. The SMILES string of the molecule is Cc1cccc(C)c1NC(=O)Cn1c(=O)n(Cc2ccccc2F)c(=O)c2sccc21. The second kappa shape index (κ2) is 8.31. The number of fused-ring (bicyclic) bond motifs is 1. The number of rotatable bonds is 5. The van der Waals surface area contributed by atoms with Crippen LogP contribution in [-0.4, -0.2) is 15.0 Å². The molecule has 0 saturated heterocycles. The molecule has 0 bridgehead atoms. The van der Waals surface area contributed by atoms with E-state index in [1.807, 2.05) is 32.0 Å². The number of nitrogens with zero attached hydrogens (tertiary/aromatic N) is 2. The van der Waals surface area contributed by atoms with E-state index in [9.17, 15) is 18.8 Å². The number of nitrogens with one attached hydrogen (secondary N) is 1. The first-order valence-corrected chi connectivity index (χ1v) is 10.5. The number of para-hydroxylation sites is 1. The topological polar surface area (TPSA) is 73.1 Å². The van der Waals surface area contributed by atoms with Gasteiger partial charge in [0, 0.05) is 11.3 Å². The first-order valence-electron chi connectivity index (χ1n) is 9.67. The van der Waals surface area contributed by atoms with Gasteiger partial charge in [-0.2, -0.15) is 0 Å². The summed E-state index contributed by atoms with van der Waals surface area (Å²) in [4.78, 5) is 38.8. The first kappa shape index (κ1) is 20.7. The fourth-order valence-electron chi connectivity index (χ4n) is 3.56. The minimum Gasteiger partial charge on any atom is -0.324 e. The van der Waals surface area contributed by atoms with Crippen LogP contribution in [0.3, 0.4) is 0 Å². The fourth-order valence-corrected chi connectivity index (χ4v) is 4.40. The normalized spacial score (nSPS) is 11.1. The lowest BCUT2D eigenvalue weighted by Crippen LogP contribution is -2.41. The Morgan fingerprint density at radius 1 is 1.00 bits per heavy atom. The fraction of sp³-hybridized carbons (Fsp3) is 0.174. The number of aryl methyl sites for hydroxylation is 2. The second-order valence-electron chi connectivity index (χ2n) is 7.30. The molecule has 0 unspecified atom stereocenters. The monoisotopic (exact) mass is 437 g/mol. The van der Waals surface area contributed by atoms with Crippen LogP contribution in [0.5, 0.6) is 0 Å². The van der Waals surface area contributed by atoms with Crippen LogP contribution < -0.4 is 16.6 Å². The Morgan fingerprint density at radius 3 is 2.42 bits per heavy atom. The van der Waals surface area contributed by atoms with Gasteiger partial charge in [0.25, 0.3) is 5.56 Å². The molecule has 4 rings (SSSR count). The van der Waals surface area contributed by atoms with Crippen molar-refractivity contribution in [3.05, 3.63) is 97.3 Å². The molecule has 2 aromatic carbocycles. The predicted octanol–water partition coefficient (Wildman–Crippen LogP) is 3.67. The van der Waals surface area contributed by atoms with E-state index >= 15 is 0 Å². The van der Waals surface area contributed by atoms with Crippen molar-refractivity contribution < 1.29 is 9.18 Å². The summed E-state index contributed by atoms with van der Waals surface area (Å²) in [5.74, 6) is -0.887. The molecule has 158 valence electrons. The standard InChI is InChI=1S/C23H20FN3O3S/c1-14-6-5-7-15(2)20(14)25-19(28)13-26-18-10-11-31-21(18)22(29)27(23(26)30)12-16-8-3-4-9-17(16)24/h3-11H,12-13H2,1-2H3,(H,25,28). The maximum absolute atomic E-state index is 14.1. The number of aromatic nitrogens is 2. The van der Waals surface area contributed by atoms with Crippen LogP contribution in [0.4, 0.5) is 10.1 Å². The molecule has 0 fully saturated rings. The molecule has 0 atom stereocenters. The summed E-state index contributed by atoms with van der Waals surface area (Å²) in [6.07, 6.45) is 0. The number of halogens is 1. The highest BCUT2D eigenvalue weighted by Crippen LogP contribution is 2.20. The van der Waals surface area contributed by atoms with E-state index < -0.39 is 17.1 Å². The average molecular weight is 437 g/mol. The van der Waals surface area contributed by atoms with E-state index in [2.05, 4.69) is 5.32 Å². The number of carbonyl (C=O) groups excluding carboxylic acids is 1. The van der Waals surface area contributed by atoms with E-state index in [4.69, 9.17) is 0 Å². The summed E-state index contributed by atoms with van der Waals surface area (Å²) in [6.45, 7) is 3.30. The van der Waals surface area contributed by atoms with Crippen molar-refractivity contribution in [3.8, 4) is 0 Å². The van der Waals surface area contributed by atoms with Crippen LogP contribution >= 0.6 is 11.3 Å². The van der Waals surface area contributed by atoms with Gasteiger partial charge in [-0.1, -0.05) is 36.4 Å². The van der Waals surface area contributed by atoms with Crippen molar-refractivity contribution in [2.75, 3.05) is 5.32 Å². The minimum atomic E-state index is -0.657. The quantitative estimate of drug-likeness (QED) is 0.518. The van der Waals surface area contributed by atoms with E-state index in [0.29, 0.717) is 15.9 Å². The van der Waals surface area contributed by atoms with Crippen molar-refractivity contribution >= 4 is 33.1 Å². The van der Waals surface area contributed by atoms with Gasteiger partial charge in [-0.25, -0.2) is 9.18 Å². The average Bonchev–Trinajstić information content (AvgIpc) is 3.23. The Balaban J connectivity index is 1.75. The maximum atomic E-state index is 14.1. The first-order chi connectivity index (χ1) is 14.9. The zero-order valence-corrected chi connectivity index (χ0v) is 17.8. The van der Waals surface area contributed by atoms with Crippen LogP contribution in [0.15, 0.2) is 63.5 Å². The van der Waals surface area contributed by atoms with E-state index in [1.165, 1.54) is 28.0 Å². The van der Waals surface area contributed by atoms with Gasteiger partial charge in [-0.3, -0.25) is 18.7 Å². The van der Waals surface area contributed by atoms with Crippen LogP contribution in [0.2, 0.25) is 0 Å². The minimum absolute atomic E-state index is 0.212. The van der Waals surface area contributed by atoms with E-state index in [1.54, 1.807) is 23.6 Å². The number of benzene rings is 2. The largest absolute Gasteiger partial charge is 0.332 e. The van der Waals surface area contributed by atoms with Crippen molar-refractivity contribution in [2.45, 2.75) is 26.9 Å². The van der Waals surface area contributed by atoms with Crippen LogP contribution in [0, 0.1) is 19.7 Å². The number of carbonyl (C=O) groups is 1. The second-order valence-corrected chi connectivity index (χ2v) is 8.22. The zero-order valence-electron chi connectivity index (χ0n) is 17.0. The molecular weight excluding hydrogens is 417 g/mol. The lowest BCUT2D eigenvalue weighted by atomic mass is 10.1. The summed E-state index contributed by atoms with van der Waals surface area (Å²) < 4.78 is 16.7. The maximum Gasteiger partial charge on any atom is 0.332 e. The van der Waals surface area contributed by atoms with Crippen molar-refractivity contribution in [3.63, 3.8) is 0 Å². The molecule has 0 aliphatic rings. The Kier molecular flexibility index (Phi) is 5.56. The van der Waals surface area contributed by atoms with Gasteiger partial charge in [0.05, 0.1) is 12.1 Å². The van der Waals surface area contributed by atoms with Gasteiger partial charge in [-0.15, -0.1) is 11.3 Å². The van der Waals surface area contributed by atoms with Gasteiger partial charge < -0.3 is 5.32 Å². The Morgan fingerprint density at radius 2 is 1.71 bits per heavy atom. The van der Waals surface area contributed by atoms with Crippen LogP contribution in [0.1, 0.15) is 16.7 Å². The molecule has 1 N–H and O–H groups in total. The third-order valence-corrected chi connectivity index (χ3v) is 6.06. The molecule has 0 radical (unpaired) electrons. The molecule has 4 aromatic rings. The van der Waals surface area contributed by atoms with Gasteiger partial charge in [0.2, 0.25) is 5.91 Å². The molecule has 0 saturated carbocycles. The molecule has 0 aliphatic heterocycles. The highest BCUT2D eigenvalue weighted by Gasteiger charge is 2.18. The highest BCUT2D eigenvalue weighted by atomic mass is 32.1. The molecule has 2 heterocycles. The third kappa shape index (κ3) is 3.94. The molecule has 2 aromatic heterocycles. The van der Waals surface area contributed by atoms with Crippen molar-refractivity contribution in [2.24, 2.45) is 0 Å². The number of amides is 1. The van der Waals surface area contributed by atoms with Gasteiger partial charge in [0.1, 0.15) is 17.1 Å². The molecule has 0 aliphatic carbocycles. The third-order valence-electron chi connectivity index (χ3n) is 5.17. The number of hydrogen-bond acceptors (Lipinski definition) is 4. The summed E-state index contributed by atoms with van der Waals surface area (Å²) >= 11 is 1.18. The Labute approximate surface area is 181 Å². The summed E-state index contributed by atoms with van der Waals surface area (Å²) in [5, 5.41) is 4.55. The van der Waals surface area contributed by atoms with Crippen molar-refractivity contribution in [1.82, 2.24) is 9.13 Å². The number of thiophene rings is 1. The van der Waals surface area contributed by atoms with E-state index in [0.717, 1.165) is 15.7 Å². The van der Waals surface area contributed by atoms with Crippen LogP contribution in [-0.2, 0) is 17.9 Å². The van der Waals surface area contributed by atoms with E-state index in [-0.39, 0.29) is 24.6 Å². The molecule has 1 amide bonds. The predicted molar refractivity (Wildman–Crippen MR) is 120 cm³/mol. The molecule has 6 nitrogen and oxygen atoms in total. The van der Waals surface area contributed by atoms with Gasteiger partial charge in [-0.05, 0) is 42.5 Å². The Bertz CT molecular complexity index is 1400. The van der Waals surface area contributed by atoms with Gasteiger partial charge >= 0.3 is 5.69 Å². The highest BCUT2D eigenvalue weighted by molar-refractivity contribution is 7.17. The Hall–Kier alpha value is -3.52. The molecule has 0 spiro atoms. The number of anilines is 1. The molecule has 8 heteroatoms. The van der Waals surface area contributed by atoms with Crippen molar-refractivity contribution in [1.29, 1.82) is 0 Å². The summed E-state index contributed by atoms with van der Waals surface area (Å²) in [7, 11) is 0. The lowest BCUT2D eigenvalue weighted by Gasteiger charge is -2.14. The lowest BCUT2D eigenvalue weighted by molar-refractivity contribution is -0.116. The zero-order chi connectivity index (χ0) is 22.1. The number of hydrogen-bond donors (Lipinski definition) is 1. The summed E-state index contributed by atoms with van der Waals surface area (Å²) in [6, 6.07) is 13.3. The smallest absolute Gasteiger partial charge is 0.324 e. The van der Waals surface area contributed by atoms with Gasteiger partial charge in [0.15, 0.2) is 0 Å². The summed E-state index contributed by atoms with van der Waals surface area (Å²) in [5.41, 5.74) is 1.98.